The number of allylic oxidation sites excluding steroid dienone is 1. The first-order valence-corrected chi connectivity index (χ1v) is 7.07. The van der Waals surface area contributed by atoms with Crippen LogP contribution in [-0.2, 0) is 0 Å². The largest absolute Gasteiger partial charge is 0.508 e. The highest BCUT2D eigenvalue weighted by molar-refractivity contribution is 6.06. The van der Waals surface area contributed by atoms with Crippen LogP contribution in [0.2, 0.25) is 0 Å². The molecule has 0 atom stereocenters. The summed E-state index contributed by atoms with van der Waals surface area (Å²) in [7, 11) is 1.56. The van der Waals surface area contributed by atoms with Crippen molar-refractivity contribution in [2.75, 3.05) is 13.7 Å². The quantitative estimate of drug-likeness (QED) is 0.479. The van der Waals surface area contributed by atoms with E-state index in [1.54, 1.807) is 43.5 Å². The zero-order valence-corrected chi connectivity index (χ0v) is 12.9. The number of phenolic OH excluding ortho intramolecular Hbond substituents is 1. The van der Waals surface area contributed by atoms with Crippen molar-refractivity contribution in [3.8, 4) is 17.2 Å². The average Bonchev–Trinajstić information content (AvgIpc) is 2.58. The zero-order valence-electron chi connectivity index (χ0n) is 12.9. The van der Waals surface area contributed by atoms with Crippen LogP contribution in [0, 0.1) is 0 Å². The lowest BCUT2D eigenvalue weighted by atomic mass is 10.1. The Hall–Kier alpha value is -3.01. The molecule has 0 bridgehead atoms. The van der Waals surface area contributed by atoms with Gasteiger partial charge in [0.15, 0.2) is 17.3 Å². The van der Waals surface area contributed by atoms with E-state index in [1.165, 1.54) is 18.2 Å². The molecular weight excluding hydrogens is 292 g/mol. The van der Waals surface area contributed by atoms with Crippen LogP contribution in [0.1, 0.15) is 15.9 Å². The van der Waals surface area contributed by atoms with Crippen LogP contribution in [0.3, 0.4) is 0 Å². The maximum absolute atomic E-state index is 12.1. The van der Waals surface area contributed by atoms with Crippen molar-refractivity contribution >= 4 is 11.9 Å². The minimum atomic E-state index is -0.143. The molecule has 0 fully saturated rings. The molecule has 118 valence electrons. The first kappa shape index (κ1) is 16.4. The molecule has 1 N–H and O–H groups in total. The van der Waals surface area contributed by atoms with Crippen LogP contribution in [0.25, 0.3) is 6.08 Å². The molecule has 0 saturated carbocycles. The Bertz CT molecular complexity index is 715. The summed E-state index contributed by atoms with van der Waals surface area (Å²) in [6.07, 6.45) is 4.84. The molecule has 0 radical (unpaired) electrons. The van der Waals surface area contributed by atoms with Gasteiger partial charge in [0, 0.05) is 5.56 Å². The van der Waals surface area contributed by atoms with Gasteiger partial charge in [-0.3, -0.25) is 4.79 Å². The predicted molar refractivity (Wildman–Crippen MR) is 90.2 cm³/mol. The van der Waals surface area contributed by atoms with Gasteiger partial charge in [0.05, 0.1) is 7.11 Å². The van der Waals surface area contributed by atoms with E-state index in [2.05, 4.69) is 6.58 Å². The molecule has 4 nitrogen and oxygen atoms in total. The summed E-state index contributed by atoms with van der Waals surface area (Å²) in [4.78, 5) is 12.1. The molecule has 2 rings (SSSR count). The molecular formula is C19H18O4. The molecule has 0 saturated heterocycles. The highest BCUT2D eigenvalue weighted by Crippen LogP contribution is 2.28. The Labute approximate surface area is 135 Å². The van der Waals surface area contributed by atoms with Gasteiger partial charge >= 0.3 is 0 Å². The summed E-state index contributed by atoms with van der Waals surface area (Å²) in [5.41, 5.74) is 1.33. The smallest absolute Gasteiger partial charge is 0.185 e. The van der Waals surface area contributed by atoms with Gasteiger partial charge in [-0.15, -0.1) is 0 Å². The minimum absolute atomic E-state index is 0.130. The van der Waals surface area contributed by atoms with E-state index >= 15 is 0 Å². The summed E-state index contributed by atoms with van der Waals surface area (Å²) < 4.78 is 10.8. The number of phenols is 1. The number of aromatic hydroxyl groups is 1. The lowest BCUT2D eigenvalue weighted by Gasteiger charge is -2.09. The maximum Gasteiger partial charge on any atom is 0.185 e. The Morgan fingerprint density at radius 3 is 2.57 bits per heavy atom. The molecule has 0 aliphatic heterocycles. The molecule has 0 aliphatic carbocycles. The van der Waals surface area contributed by atoms with E-state index in [0.717, 1.165) is 5.56 Å². The van der Waals surface area contributed by atoms with Crippen molar-refractivity contribution in [2.45, 2.75) is 0 Å². The first-order chi connectivity index (χ1) is 11.1. The van der Waals surface area contributed by atoms with E-state index in [1.807, 2.05) is 6.07 Å². The normalized spacial score (nSPS) is 10.5. The molecule has 4 heteroatoms. The highest BCUT2D eigenvalue weighted by Gasteiger charge is 2.05. The van der Waals surface area contributed by atoms with Crippen molar-refractivity contribution in [3.05, 3.63) is 72.3 Å². The van der Waals surface area contributed by atoms with Gasteiger partial charge in [-0.05, 0) is 48.0 Å². The maximum atomic E-state index is 12.1. The number of methoxy groups -OCH3 is 1. The first-order valence-electron chi connectivity index (χ1n) is 7.07. The second kappa shape index (κ2) is 7.84. The van der Waals surface area contributed by atoms with Gasteiger partial charge in [-0.2, -0.15) is 0 Å². The van der Waals surface area contributed by atoms with Crippen LogP contribution in [0.15, 0.2) is 61.2 Å². The Balaban J connectivity index is 2.14. The van der Waals surface area contributed by atoms with Crippen LogP contribution in [0.4, 0.5) is 0 Å². The van der Waals surface area contributed by atoms with Crippen molar-refractivity contribution in [2.24, 2.45) is 0 Å². The SMILES string of the molecule is C=CCOc1ccc(/C=C/C(=O)c2ccc(O)cc2)cc1OC. The third kappa shape index (κ3) is 4.48. The van der Waals surface area contributed by atoms with Crippen molar-refractivity contribution in [1.29, 1.82) is 0 Å². The summed E-state index contributed by atoms with van der Waals surface area (Å²) in [6, 6.07) is 11.5. The van der Waals surface area contributed by atoms with Crippen molar-refractivity contribution in [3.63, 3.8) is 0 Å². The van der Waals surface area contributed by atoms with E-state index < -0.39 is 0 Å². The Morgan fingerprint density at radius 1 is 1.17 bits per heavy atom. The van der Waals surface area contributed by atoms with Crippen LogP contribution >= 0.6 is 0 Å². The van der Waals surface area contributed by atoms with Crippen molar-refractivity contribution < 1.29 is 19.4 Å². The van der Waals surface area contributed by atoms with Gasteiger partial charge < -0.3 is 14.6 Å². The number of carbonyl (C=O) groups excluding carboxylic acids is 1. The molecule has 0 amide bonds. The molecule has 0 spiro atoms. The Morgan fingerprint density at radius 2 is 1.91 bits per heavy atom. The second-order valence-electron chi connectivity index (χ2n) is 4.75. The van der Waals surface area contributed by atoms with Gasteiger partial charge in [-0.1, -0.05) is 24.8 Å². The Kier molecular flexibility index (Phi) is 5.58. The third-order valence-corrected chi connectivity index (χ3v) is 3.12. The lowest BCUT2D eigenvalue weighted by Crippen LogP contribution is -1.96. The summed E-state index contributed by atoms with van der Waals surface area (Å²) in [6.45, 7) is 4.00. The van der Waals surface area contributed by atoms with Gasteiger partial charge in [0.25, 0.3) is 0 Å². The molecule has 0 heterocycles. The van der Waals surface area contributed by atoms with Crippen LogP contribution in [-0.4, -0.2) is 24.6 Å². The molecule has 2 aromatic carbocycles. The average molecular weight is 310 g/mol. The number of hydrogen-bond donors (Lipinski definition) is 1. The number of carbonyl (C=O) groups is 1. The number of ketones is 1. The lowest BCUT2D eigenvalue weighted by molar-refractivity contribution is 0.104. The number of hydrogen-bond acceptors (Lipinski definition) is 4. The fraction of sp³-hybridized carbons (Fsp3) is 0.105. The topological polar surface area (TPSA) is 55.8 Å². The number of ether oxygens (including phenoxy) is 2. The number of benzene rings is 2. The third-order valence-electron chi connectivity index (χ3n) is 3.12. The fourth-order valence-corrected chi connectivity index (χ4v) is 1.95. The summed E-state index contributed by atoms with van der Waals surface area (Å²) in [5.74, 6) is 1.20. The molecule has 2 aromatic rings. The zero-order chi connectivity index (χ0) is 16.7. The molecule has 0 unspecified atom stereocenters. The predicted octanol–water partition coefficient (Wildman–Crippen LogP) is 3.86. The van der Waals surface area contributed by atoms with E-state index in [0.29, 0.717) is 23.7 Å². The van der Waals surface area contributed by atoms with Gasteiger partial charge in [0.1, 0.15) is 12.4 Å². The van der Waals surface area contributed by atoms with Crippen LogP contribution in [0.5, 0.6) is 17.2 Å². The standard InChI is InChI=1S/C19H18O4/c1-3-12-23-18-11-5-14(13-19(18)22-2)4-10-17(21)15-6-8-16(20)9-7-15/h3-11,13,20H,1,12H2,2H3/b10-4+. The molecule has 23 heavy (non-hydrogen) atoms. The van der Waals surface area contributed by atoms with E-state index in [-0.39, 0.29) is 11.5 Å². The second-order valence-corrected chi connectivity index (χ2v) is 4.75. The highest BCUT2D eigenvalue weighted by atomic mass is 16.5. The van der Waals surface area contributed by atoms with Crippen LogP contribution < -0.4 is 9.47 Å². The van der Waals surface area contributed by atoms with Gasteiger partial charge in [-0.25, -0.2) is 0 Å². The van der Waals surface area contributed by atoms with E-state index in [4.69, 9.17) is 9.47 Å². The summed E-state index contributed by atoms with van der Waals surface area (Å²) >= 11 is 0. The van der Waals surface area contributed by atoms with E-state index in [9.17, 15) is 9.90 Å². The fourth-order valence-electron chi connectivity index (χ4n) is 1.95. The van der Waals surface area contributed by atoms with Gasteiger partial charge in [0.2, 0.25) is 0 Å². The minimum Gasteiger partial charge on any atom is -0.508 e. The number of rotatable bonds is 7. The van der Waals surface area contributed by atoms with Crippen molar-refractivity contribution in [1.82, 2.24) is 0 Å². The summed E-state index contributed by atoms with van der Waals surface area (Å²) in [5, 5.41) is 9.23. The molecule has 0 aromatic heterocycles. The molecule has 0 aliphatic rings. The monoisotopic (exact) mass is 310 g/mol.